The highest BCUT2D eigenvalue weighted by atomic mass is 32.2. The molecule has 4 N–H and O–H groups in total. The molecule has 2 aromatic heterocycles. The molecule has 12 heteroatoms. The SMILES string of the molecule is NS(=O)(=O)OC[C@H]1O[C@@H](n2cnc3c(C4CC4)ncnc32)[C@H](O)[C@@H]1O. The fourth-order valence-electron chi connectivity index (χ4n) is 2.97. The average Bonchev–Trinajstić information content (AvgIpc) is 3.26. The van der Waals surface area contributed by atoms with E-state index >= 15 is 0 Å². The van der Waals surface area contributed by atoms with E-state index < -0.39 is 41.5 Å². The van der Waals surface area contributed by atoms with Crippen LogP contribution in [0.1, 0.15) is 30.7 Å². The van der Waals surface area contributed by atoms with E-state index in [1.54, 1.807) is 0 Å². The molecular weight excluding hydrogens is 354 g/mol. The second-order valence-corrected chi connectivity index (χ2v) is 7.40. The normalized spacial score (nSPS) is 30.2. The van der Waals surface area contributed by atoms with Gasteiger partial charge in [-0.25, -0.2) is 20.1 Å². The van der Waals surface area contributed by atoms with E-state index in [0.717, 1.165) is 18.5 Å². The Morgan fingerprint density at radius 3 is 2.72 bits per heavy atom. The van der Waals surface area contributed by atoms with E-state index in [-0.39, 0.29) is 0 Å². The average molecular weight is 371 g/mol. The summed E-state index contributed by atoms with van der Waals surface area (Å²) >= 11 is 0. The van der Waals surface area contributed by atoms with Crippen molar-refractivity contribution in [1.82, 2.24) is 19.5 Å². The van der Waals surface area contributed by atoms with Crippen LogP contribution in [-0.2, 0) is 19.2 Å². The Hall–Kier alpha value is -1.70. The monoisotopic (exact) mass is 371 g/mol. The molecule has 3 heterocycles. The van der Waals surface area contributed by atoms with Gasteiger partial charge in [-0.05, 0) is 12.8 Å². The molecule has 0 aromatic carbocycles. The number of hydrogen-bond acceptors (Lipinski definition) is 9. The summed E-state index contributed by atoms with van der Waals surface area (Å²) in [7, 11) is -4.18. The van der Waals surface area contributed by atoms with Crippen LogP contribution in [0, 0.1) is 0 Å². The van der Waals surface area contributed by atoms with Gasteiger partial charge in [0.25, 0.3) is 0 Å². The predicted octanol–water partition coefficient (Wildman–Crippen LogP) is -1.46. The molecule has 0 spiro atoms. The number of fused-ring (bicyclic) bond motifs is 1. The number of nitrogens with two attached hydrogens (primary N) is 1. The van der Waals surface area contributed by atoms with Gasteiger partial charge in [0.15, 0.2) is 11.9 Å². The number of nitrogens with zero attached hydrogens (tertiary/aromatic N) is 4. The first-order chi connectivity index (χ1) is 11.8. The van der Waals surface area contributed by atoms with Crippen molar-refractivity contribution in [3.63, 3.8) is 0 Å². The number of aliphatic hydroxyl groups is 2. The summed E-state index contributed by atoms with van der Waals surface area (Å²) in [5, 5.41) is 25.1. The van der Waals surface area contributed by atoms with Gasteiger partial charge in [-0.3, -0.25) is 8.75 Å². The Morgan fingerprint density at radius 1 is 1.28 bits per heavy atom. The molecule has 25 heavy (non-hydrogen) atoms. The molecule has 2 aliphatic rings. The predicted molar refractivity (Wildman–Crippen MR) is 82.3 cm³/mol. The Labute approximate surface area is 142 Å². The second kappa shape index (κ2) is 5.93. The molecule has 1 aliphatic heterocycles. The van der Waals surface area contributed by atoms with Crippen LogP contribution < -0.4 is 5.14 Å². The first-order valence-corrected chi connectivity index (χ1v) is 9.18. The third-order valence-corrected chi connectivity index (χ3v) is 4.82. The molecule has 0 radical (unpaired) electrons. The lowest BCUT2D eigenvalue weighted by molar-refractivity contribution is -0.0467. The number of rotatable bonds is 5. The molecule has 1 saturated heterocycles. The van der Waals surface area contributed by atoms with E-state index in [4.69, 9.17) is 9.88 Å². The summed E-state index contributed by atoms with van der Waals surface area (Å²) in [6.07, 6.45) is 0.249. The zero-order valence-corrected chi connectivity index (χ0v) is 13.8. The molecule has 2 fully saturated rings. The van der Waals surface area contributed by atoms with Crippen LogP contribution in [0.15, 0.2) is 12.7 Å². The third-order valence-electron chi connectivity index (χ3n) is 4.36. The highest BCUT2D eigenvalue weighted by molar-refractivity contribution is 7.84. The first-order valence-electron chi connectivity index (χ1n) is 7.71. The Bertz CT molecular complexity index is 897. The Kier molecular flexibility index (Phi) is 3.97. The molecule has 1 saturated carbocycles. The molecule has 0 bridgehead atoms. The topological polar surface area (TPSA) is 163 Å². The number of ether oxygens (including phenoxy) is 1. The summed E-state index contributed by atoms with van der Waals surface area (Å²) in [6, 6.07) is 0. The zero-order chi connectivity index (χ0) is 17.8. The van der Waals surface area contributed by atoms with Crippen molar-refractivity contribution in [2.24, 2.45) is 5.14 Å². The molecule has 4 rings (SSSR count). The summed E-state index contributed by atoms with van der Waals surface area (Å²) in [5.74, 6) is 0.366. The van der Waals surface area contributed by atoms with Gasteiger partial charge < -0.3 is 14.9 Å². The van der Waals surface area contributed by atoms with Gasteiger partial charge in [0.05, 0.1) is 18.6 Å². The van der Waals surface area contributed by atoms with Crippen LogP contribution in [0.2, 0.25) is 0 Å². The van der Waals surface area contributed by atoms with Gasteiger partial charge in [0.2, 0.25) is 0 Å². The smallest absolute Gasteiger partial charge is 0.333 e. The molecule has 0 unspecified atom stereocenters. The van der Waals surface area contributed by atoms with E-state index in [2.05, 4.69) is 19.1 Å². The van der Waals surface area contributed by atoms with Crippen LogP contribution in [0.3, 0.4) is 0 Å². The first kappa shape index (κ1) is 16.8. The van der Waals surface area contributed by atoms with Gasteiger partial charge in [-0.15, -0.1) is 0 Å². The minimum Gasteiger partial charge on any atom is -0.387 e. The molecule has 2 aromatic rings. The van der Waals surface area contributed by atoms with Gasteiger partial charge in [0.1, 0.15) is 30.2 Å². The fourth-order valence-corrected chi connectivity index (χ4v) is 3.29. The Morgan fingerprint density at radius 2 is 2.04 bits per heavy atom. The maximum atomic E-state index is 10.9. The highest BCUT2D eigenvalue weighted by Crippen LogP contribution is 2.41. The van der Waals surface area contributed by atoms with E-state index in [1.807, 2.05) is 0 Å². The summed E-state index contributed by atoms with van der Waals surface area (Å²) in [5.41, 5.74) is 1.95. The minimum atomic E-state index is -4.18. The lowest BCUT2D eigenvalue weighted by Gasteiger charge is -2.16. The third kappa shape index (κ3) is 3.12. The fraction of sp³-hybridized carbons (Fsp3) is 0.615. The van der Waals surface area contributed by atoms with E-state index in [0.29, 0.717) is 17.1 Å². The second-order valence-electron chi connectivity index (χ2n) is 6.18. The summed E-state index contributed by atoms with van der Waals surface area (Å²) in [4.78, 5) is 12.8. The van der Waals surface area contributed by atoms with Crippen molar-refractivity contribution in [2.75, 3.05) is 6.61 Å². The summed E-state index contributed by atoms with van der Waals surface area (Å²) in [6.45, 7) is -0.511. The lowest BCUT2D eigenvalue weighted by atomic mass is 10.1. The van der Waals surface area contributed by atoms with Crippen LogP contribution in [-0.4, -0.2) is 63.1 Å². The highest BCUT2D eigenvalue weighted by Gasteiger charge is 2.45. The van der Waals surface area contributed by atoms with Crippen molar-refractivity contribution in [2.45, 2.75) is 43.3 Å². The quantitative estimate of drug-likeness (QED) is 0.570. The van der Waals surface area contributed by atoms with Crippen LogP contribution in [0.5, 0.6) is 0 Å². The van der Waals surface area contributed by atoms with E-state index in [1.165, 1.54) is 17.2 Å². The zero-order valence-electron chi connectivity index (χ0n) is 13.0. The van der Waals surface area contributed by atoms with Gasteiger partial charge in [-0.1, -0.05) is 0 Å². The number of aliphatic hydroxyl groups excluding tert-OH is 2. The maximum Gasteiger partial charge on any atom is 0.333 e. The number of hydrogen-bond donors (Lipinski definition) is 3. The van der Waals surface area contributed by atoms with Crippen molar-refractivity contribution < 1.29 is 27.6 Å². The van der Waals surface area contributed by atoms with Gasteiger partial charge in [0, 0.05) is 5.92 Å². The summed E-state index contributed by atoms with van der Waals surface area (Å²) < 4.78 is 33.3. The Balaban J connectivity index is 1.61. The molecule has 0 amide bonds. The van der Waals surface area contributed by atoms with Gasteiger partial charge >= 0.3 is 10.3 Å². The number of imidazole rings is 1. The minimum absolute atomic E-state index is 0.366. The lowest BCUT2D eigenvalue weighted by Crippen LogP contribution is -2.35. The van der Waals surface area contributed by atoms with Crippen LogP contribution in [0.4, 0.5) is 0 Å². The molecule has 4 atom stereocenters. The van der Waals surface area contributed by atoms with Crippen LogP contribution in [0.25, 0.3) is 11.2 Å². The molecule has 1 aliphatic carbocycles. The maximum absolute atomic E-state index is 10.9. The van der Waals surface area contributed by atoms with Crippen molar-refractivity contribution in [3.05, 3.63) is 18.3 Å². The van der Waals surface area contributed by atoms with Crippen molar-refractivity contribution in [3.8, 4) is 0 Å². The molecule has 136 valence electrons. The molecular formula is C13H17N5O6S. The van der Waals surface area contributed by atoms with Crippen molar-refractivity contribution in [1.29, 1.82) is 0 Å². The van der Waals surface area contributed by atoms with Crippen molar-refractivity contribution >= 4 is 21.5 Å². The standard InChI is InChI=1S/C13H17N5O6S/c14-25(21,22)23-3-7-10(19)11(20)13(24-7)18-5-17-9-8(6-1-2-6)15-4-16-12(9)18/h4-7,10-11,13,19-20H,1-3H2,(H2,14,21,22)/t7-,10-,11-,13-/m1/s1. The largest absolute Gasteiger partial charge is 0.387 e. The van der Waals surface area contributed by atoms with E-state index in [9.17, 15) is 18.6 Å². The van der Waals surface area contributed by atoms with Crippen LogP contribution >= 0.6 is 0 Å². The number of aromatic nitrogens is 4. The van der Waals surface area contributed by atoms with Gasteiger partial charge in [-0.2, -0.15) is 8.42 Å². The molecule has 11 nitrogen and oxygen atoms in total.